The van der Waals surface area contributed by atoms with E-state index in [1.165, 1.54) is 17.4 Å². The summed E-state index contributed by atoms with van der Waals surface area (Å²) in [6.07, 6.45) is 1.42. The Morgan fingerprint density at radius 1 is 1.16 bits per heavy atom. The molecule has 0 fully saturated rings. The molecule has 2 aromatic heterocycles. The molecule has 0 aliphatic heterocycles. The molecule has 0 aliphatic carbocycles. The Balaban J connectivity index is 1.61. The SMILES string of the molecule is C/C=C/S(=O)(=O)Nc1ccc(-c2ccc3c(NC(=O)c4ccsc4)n[nH]c3c2F)cc1. The summed E-state index contributed by atoms with van der Waals surface area (Å²) >= 11 is 1.40. The van der Waals surface area contributed by atoms with Crippen molar-refractivity contribution < 1.29 is 17.6 Å². The third-order valence-electron chi connectivity index (χ3n) is 4.46. The lowest BCUT2D eigenvalue weighted by molar-refractivity contribution is 0.102. The molecule has 0 saturated heterocycles. The minimum atomic E-state index is -3.57. The van der Waals surface area contributed by atoms with E-state index in [4.69, 9.17) is 0 Å². The third kappa shape index (κ3) is 4.35. The predicted octanol–water partition coefficient (Wildman–Crippen LogP) is 4.96. The number of aromatic nitrogens is 2. The Morgan fingerprint density at radius 3 is 2.61 bits per heavy atom. The summed E-state index contributed by atoms with van der Waals surface area (Å²) in [4.78, 5) is 12.3. The highest BCUT2D eigenvalue weighted by Gasteiger charge is 2.17. The molecule has 2 heterocycles. The van der Waals surface area contributed by atoms with Crippen molar-refractivity contribution in [1.29, 1.82) is 0 Å². The Morgan fingerprint density at radius 2 is 1.94 bits per heavy atom. The predicted molar refractivity (Wildman–Crippen MR) is 121 cm³/mol. The van der Waals surface area contributed by atoms with Crippen molar-refractivity contribution in [2.75, 3.05) is 10.0 Å². The van der Waals surface area contributed by atoms with Crippen LogP contribution in [0.15, 0.2) is 64.7 Å². The molecule has 0 unspecified atom stereocenters. The van der Waals surface area contributed by atoms with E-state index in [2.05, 4.69) is 20.2 Å². The van der Waals surface area contributed by atoms with Crippen LogP contribution in [0.4, 0.5) is 15.9 Å². The number of carbonyl (C=O) groups excluding carboxylic acids is 1. The second kappa shape index (κ2) is 8.32. The lowest BCUT2D eigenvalue weighted by Crippen LogP contribution is -2.11. The van der Waals surface area contributed by atoms with Gasteiger partial charge in [0, 0.05) is 27.4 Å². The normalized spacial score (nSPS) is 11.8. The molecule has 158 valence electrons. The van der Waals surface area contributed by atoms with Gasteiger partial charge in [-0.2, -0.15) is 16.4 Å². The lowest BCUT2D eigenvalue weighted by Gasteiger charge is -2.08. The average molecular weight is 457 g/mol. The number of nitrogens with zero attached hydrogens (tertiary/aromatic N) is 1. The van der Waals surface area contributed by atoms with Crippen LogP contribution >= 0.6 is 11.3 Å². The highest BCUT2D eigenvalue weighted by Crippen LogP contribution is 2.31. The molecule has 0 bridgehead atoms. The van der Waals surface area contributed by atoms with Crippen LogP contribution in [0.25, 0.3) is 22.0 Å². The van der Waals surface area contributed by atoms with Crippen LogP contribution in [-0.2, 0) is 10.0 Å². The van der Waals surface area contributed by atoms with Gasteiger partial charge >= 0.3 is 0 Å². The Kier molecular flexibility index (Phi) is 5.57. The molecule has 0 spiro atoms. The van der Waals surface area contributed by atoms with Gasteiger partial charge in [-0.15, -0.1) is 0 Å². The number of sulfonamides is 1. The van der Waals surface area contributed by atoms with Crippen LogP contribution in [0.2, 0.25) is 0 Å². The maximum atomic E-state index is 15.1. The van der Waals surface area contributed by atoms with Gasteiger partial charge in [0.15, 0.2) is 11.6 Å². The summed E-state index contributed by atoms with van der Waals surface area (Å²) in [5.74, 6) is -0.608. The Bertz CT molecular complexity index is 1380. The first kappa shape index (κ1) is 20.8. The van der Waals surface area contributed by atoms with Crippen molar-refractivity contribution in [2.45, 2.75) is 6.92 Å². The van der Waals surface area contributed by atoms with Crippen LogP contribution in [0.5, 0.6) is 0 Å². The van der Waals surface area contributed by atoms with Gasteiger partial charge in [-0.25, -0.2) is 12.8 Å². The van der Waals surface area contributed by atoms with Gasteiger partial charge in [0.1, 0.15) is 5.52 Å². The molecule has 10 heteroatoms. The molecule has 4 rings (SSSR count). The summed E-state index contributed by atoms with van der Waals surface area (Å²) in [7, 11) is -3.57. The number of allylic oxidation sites excluding steroid dienone is 1. The molecular formula is C21H17FN4O3S2. The zero-order chi connectivity index (χ0) is 22.0. The number of amides is 1. The first-order valence-corrected chi connectivity index (χ1v) is 11.6. The van der Waals surface area contributed by atoms with E-state index in [-0.39, 0.29) is 17.2 Å². The Hall–Kier alpha value is -3.50. The van der Waals surface area contributed by atoms with E-state index in [1.54, 1.807) is 60.1 Å². The molecule has 0 aliphatic rings. The van der Waals surface area contributed by atoms with Gasteiger partial charge in [-0.1, -0.05) is 24.3 Å². The van der Waals surface area contributed by atoms with Gasteiger partial charge < -0.3 is 5.32 Å². The molecule has 31 heavy (non-hydrogen) atoms. The minimum Gasteiger partial charge on any atom is -0.305 e. The maximum absolute atomic E-state index is 15.1. The van der Waals surface area contributed by atoms with Gasteiger partial charge in [-0.05, 0) is 42.1 Å². The number of H-pyrrole nitrogens is 1. The quantitative estimate of drug-likeness (QED) is 0.381. The standard InChI is InChI=1S/C21H17FN4O3S2/c1-2-11-31(28,29)26-15-5-3-13(4-6-15)16-7-8-17-19(18(16)22)24-25-20(17)23-21(27)14-9-10-30-12-14/h2-12,26H,1H3,(H2,23,24,25,27)/b11-2+. The number of nitrogens with one attached hydrogen (secondary N) is 3. The zero-order valence-electron chi connectivity index (χ0n) is 16.2. The topological polar surface area (TPSA) is 104 Å². The highest BCUT2D eigenvalue weighted by molar-refractivity contribution is 7.95. The second-order valence-electron chi connectivity index (χ2n) is 6.58. The fraction of sp³-hybridized carbons (Fsp3) is 0.0476. The first-order valence-electron chi connectivity index (χ1n) is 9.14. The van der Waals surface area contributed by atoms with Gasteiger partial charge in [-0.3, -0.25) is 14.6 Å². The van der Waals surface area contributed by atoms with Crippen LogP contribution < -0.4 is 10.0 Å². The highest BCUT2D eigenvalue weighted by atomic mass is 32.2. The van der Waals surface area contributed by atoms with Crippen molar-refractivity contribution in [3.63, 3.8) is 0 Å². The van der Waals surface area contributed by atoms with E-state index in [0.717, 1.165) is 5.41 Å². The average Bonchev–Trinajstić information content (AvgIpc) is 3.40. The summed E-state index contributed by atoms with van der Waals surface area (Å²) in [6.45, 7) is 1.61. The molecule has 0 atom stereocenters. The molecule has 3 N–H and O–H groups in total. The number of anilines is 2. The number of benzene rings is 2. The summed E-state index contributed by atoms with van der Waals surface area (Å²) in [5, 5.41) is 14.4. The smallest absolute Gasteiger partial charge is 0.257 e. The van der Waals surface area contributed by atoms with E-state index >= 15 is 4.39 Å². The van der Waals surface area contributed by atoms with Crippen molar-refractivity contribution >= 4 is 49.7 Å². The number of aromatic amines is 1. The number of hydrogen-bond acceptors (Lipinski definition) is 5. The summed E-state index contributed by atoms with van der Waals surface area (Å²) < 4.78 is 41.2. The van der Waals surface area contributed by atoms with E-state index < -0.39 is 15.8 Å². The maximum Gasteiger partial charge on any atom is 0.257 e. The second-order valence-corrected chi connectivity index (χ2v) is 8.93. The monoisotopic (exact) mass is 456 g/mol. The van der Waals surface area contributed by atoms with Gasteiger partial charge in [0.2, 0.25) is 0 Å². The van der Waals surface area contributed by atoms with E-state index in [9.17, 15) is 13.2 Å². The molecule has 0 saturated carbocycles. The molecule has 7 nitrogen and oxygen atoms in total. The molecular weight excluding hydrogens is 439 g/mol. The largest absolute Gasteiger partial charge is 0.305 e. The lowest BCUT2D eigenvalue weighted by atomic mass is 10.0. The summed E-state index contributed by atoms with van der Waals surface area (Å²) in [6, 6.07) is 11.3. The van der Waals surface area contributed by atoms with Crippen LogP contribution in [-0.4, -0.2) is 24.5 Å². The first-order chi connectivity index (χ1) is 14.9. The minimum absolute atomic E-state index is 0.163. The molecule has 4 aromatic rings. The van der Waals surface area contributed by atoms with Crippen LogP contribution in [0, 0.1) is 5.82 Å². The van der Waals surface area contributed by atoms with Gasteiger partial charge in [0.05, 0.1) is 5.56 Å². The van der Waals surface area contributed by atoms with Crippen LogP contribution in [0.3, 0.4) is 0 Å². The fourth-order valence-corrected chi connectivity index (χ4v) is 4.57. The van der Waals surface area contributed by atoms with Crippen molar-refractivity contribution in [3.8, 4) is 11.1 Å². The van der Waals surface area contributed by atoms with Crippen molar-refractivity contribution in [2.24, 2.45) is 0 Å². The number of fused-ring (bicyclic) bond motifs is 1. The third-order valence-corrected chi connectivity index (χ3v) is 6.30. The molecule has 2 aromatic carbocycles. The number of carbonyl (C=O) groups is 1. The number of halogens is 1. The van der Waals surface area contributed by atoms with Crippen molar-refractivity contribution in [3.05, 3.63) is 76.1 Å². The van der Waals surface area contributed by atoms with Crippen LogP contribution in [0.1, 0.15) is 17.3 Å². The molecule has 1 amide bonds. The number of thiophene rings is 1. The fourth-order valence-electron chi connectivity index (χ4n) is 3.04. The number of rotatable bonds is 6. The van der Waals surface area contributed by atoms with Crippen molar-refractivity contribution in [1.82, 2.24) is 10.2 Å². The summed E-state index contributed by atoms with van der Waals surface area (Å²) in [5.41, 5.74) is 1.91. The number of hydrogen-bond donors (Lipinski definition) is 3. The zero-order valence-corrected chi connectivity index (χ0v) is 17.9. The molecule has 0 radical (unpaired) electrons. The van der Waals surface area contributed by atoms with Gasteiger partial charge in [0.25, 0.3) is 15.9 Å². The Labute approximate surface area is 181 Å². The van der Waals surface area contributed by atoms with E-state index in [0.29, 0.717) is 27.8 Å². The van der Waals surface area contributed by atoms with E-state index in [1.807, 2.05) is 0 Å².